The van der Waals surface area contributed by atoms with Crippen LogP contribution in [0.1, 0.15) is 51.6 Å². The number of carbonyl (C=O) groups is 1. The minimum atomic E-state index is -4.15. The van der Waals surface area contributed by atoms with Crippen molar-refractivity contribution < 1.29 is 27.0 Å². The molecule has 1 aromatic heterocycles. The molecule has 0 radical (unpaired) electrons. The van der Waals surface area contributed by atoms with Crippen LogP contribution in [0.5, 0.6) is 5.75 Å². The summed E-state index contributed by atoms with van der Waals surface area (Å²) in [6, 6.07) is 19.7. The molecule has 3 fully saturated rings. The lowest BCUT2D eigenvalue weighted by Crippen LogP contribution is -2.67. The summed E-state index contributed by atoms with van der Waals surface area (Å²) in [7, 11) is -4.15. The lowest BCUT2D eigenvalue weighted by Gasteiger charge is -2.58. The lowest BCUT2D eigenvalue weighted by molar-refractivity contribution is -0.984. The minimum Gasteiger partial charge on any atom is -0.507 e. The first-order valence-corrected chi connectivity index (χ1v) is 16.1. The minimum absolute atomic E-state index is 0.0196. The van der Waals surface area contributed by atoms with Gasteiger partial charge in [-0.2, -0.15) is 8.42 Å². The second-order valence-corrected chi connectivity index (χ2v) is 13.8. The number of rotatable bonds is 9. The molecular formula is C35H37N2O5S+. The quantitative estimate of drug-likeness (QED) is 0.103. The zero-order valence-electron chi connectivity index (χ0n) is 24.5. The van der Waals surface area contributed by atoms with Crippen molar-refractivity contribution in [3.8, 4) is 5.75 Å². The second kappa shape index (κ2) is 11.3. The Morgan fingerprint density at radius 3 is 2.60 bits per heavy atom. The third kappa shape index (κ3) is 5.39. The highest BCUT2D eigenvalue weighted by molar-refractivity contribution is 7.86. The van der Waals surface area contributed by atoms with Crippen molar-refractivity contribution in [3.63, 3.8) is 0 Å². The molecular weight excluding hydrogens is 560 g/mol. The fourth-order valence-corrected chi connectivity index (χ4v) is 8.47. The zero-order valence-corrected chi connectivity index (χ0v) is 25.3. The van der Waals surface area contributed by atoms with Gasteiger partial charge in [0.05, 0.1) is 29.1 Å². The van der Waals surface area contributed by atoms with Gasteiger partial charge in [0.1, 0.15) is 18.3 Å². The SMILES string of the molecule is C=CC1C[N+]2(Cc3cc(C)cc(C=O)c3O)CCC1CC2[C@@H](OS(=O)(=O)c1ccc(C)cc1)c1ccnc2ccccc12. The van der Waals surface area contributed by atoms with Crippen molar-refractivity contribution in [1.29, 1.82) is 0 Å². The maximum atomic E-state index is 13.9. The molecule has 4 heterocycles. The number of nitrogens with zero attached hydrogens (tertiary/aromatic N) is 2. The van der Waals surface area contributed by atoms with Crippen LogP contribution in [-0.4, -0.2) is 48.4 Å². The fourth-order valence-electron chi connectivity index (χ4n) is 7.38. The van der Waals surface area contributed by atoms with Gasteiger partial charge in [0.15, 0.2) is 12.4 Å². The van der Waals surface area contributed by atoms with Crippen LogP contribution >= 0.6 is 0 Å². The average molecular weight is 598 g/mol. The molecule has 3 aromatic carbocycles. The van der Waals surface area contributed by atoms with Gasteiger partial charge in [-0.1, -0.05) is 42.0 Å². The Balaban J connectivity index is 1.52. The van der Waals surface area contributed by atoms with Gasteiger partial charge in [0.2, 0.25) is 0 Å². The number of quaternary nitrogens is 1. The number of phenolic OH excluding ortho intramolecular Hbond substituents is 1. The topological polar surface area (TPSA) is 93.6 Å². The van der Waals surface area contributed by atoms with Crippen LogP contribution in [-0.2, 0) is 20.8 Å². The van der Waals surface area contributed by atoms with E-state index in [2.05, 4.69) is 11.6 Å². The number of aryl methyl sites for hydroxylation is 2. The Hall–Kier alpha value is -3.85. The van der Waals surface area contributed by atoms with Gasteiger partial charge < -0.3 is 9.59 Å². The molecule has 4 unspecified atom stereocenters. The molecule has 0 saturated carbocycles. The molecule has 0 amide bonds. The smallest absolute Gasteiger partial charge is 0.297 e. The molecule has 0 aliphatic carbocycles. The summed E-state index contributed by atoms with van der Waals surface area (Å²) in [5, 5.41) is 12.0. The molecule has 0 spiro atoms. The summed E-state index contributed by atoms with van der Waals surface area (Å²) < 4.78 is 34.7. The molecule has 7 nitrogen and oxygen atoms in total. The highest BCUT2D eigenvalue weighted by Gasteiger charge is 2.55. The van der Waals surface area contributed by atoms with Crippen molar-refractivity contribution in [1.82, 2.24) is 4.98 Å². The first-order valence-electron chi connectivity index (χ1n) is 14.7. The van der Waals surface area contributed by atoms with Crippen molar-refractivity contribution in [2.24, 2.45) is 11.8 Å². The Bertz CT molecular complexity index is 1800. The van der Waals surface area contributed by atoms with Gasteiger partial charge in [-0.3, -0.25) is 14.0 Å². The highest BCUT2D eigenvalue weighted by atomic mass is 32.2. The number of aldehydes is 1. The monoisotopic (exact) mass is 597 g/mol. The maximum Gasteiger partial charge on any atom is 0.297 e. The van der Waals surface area contributed by atoms with Gasteiger partial charge in [-0.25, -0.2) is 0 Å². The van der Waals surface area contributed by atoms with E-state index in [1.54, 1.807) is 36.5 Å². The van der Waals surface area contributed by atoms with Crippen LogP contribution in [0.4, 0.5) is 0 Å². The zero-order chi connectivity index (χ0) is 30.4. The maximum absolute atomic E-state index is 13.9. The number of piperidine rings is 3. The van der Waals surface area contributed by atoms with Crippen molar-refractivity contribution in [2.75, 3.05) is 13.1 Å². The van der Waals surface area contributed by atoms with Crippen LogP contribution in [0.25, 0.3) is 10.9 Å². The number of benzene rings is 3. The molecule has 2 bridgehead atoms. The third-order valence-corrected chi connectivity index (χ3v) is 10.8. The van der Waals surface area contributed by atoms with Crippen LogP contribution < -0.4 is 0 Å². The van der Waals surface area contributed by atoms with Gasteiger partial charge >= 0.3 is 0 Å². The van der Waals surface area contributed by atoms with E-state index in [-0.39, 0.29) is 28.2 Å². The fraction of sp³-hybridized carbons (Fsp3) is 0.314. The number of pyridine rings is 1. The number of para-hydroxylation sites is 1. The van der Waals surface area contributed by atoms with Crippen molar-refractivity contribution >= 4 is 27.3 Å². The molecule has 5 atom stereocenters. The molecule has 222 valence electrons. The number of aromatic hydroxyl groups is 1. The highest BCUT2D eigenvalue weighted by Crippen LogP contribution is 2.50. The average Bonchev–Trinajstić information content (AvgIpc) is 3.01. The molecule has 3 aliphatic rings. The number of fused-ring (bicyclic) bond motifs is 4. The van der Waals surface area contributed by atoms with Gasteiger partial charge in [0.25, 0.3) is 10.1 Å². The predicted octanol–water partition coefficient (Wildman–Crippen LogP) is 6.43. The first kappa shape index (κ1) is 29.2. The second-order valence-electron chi connectivity index (χ2n) is 12.2. The van der Waals surface area contributed by atoms with Crippen LogP contribution in [0.3, 0.4) is 0 Å². The number of phenols is 1. The van der Waals surface area contributed by atoms with E-state index in [0.29, 0.717) is 28.8 Å². The number of hydrogen-bond donors (Lipinski definition) is 1. The summed E-state index contributed by atoms with van der Waals surface area (Å²) >= 11 is 0. The molecule has 43 heavy (non-hydrogen) atoms. The van der Waals surface area contributed by atoms with E-state index in [1.165, 1.54) is 0 Å². The number of hydrogen-bond acceptors (Lipinski definition) is 6. The molecule has 8 heteroatoms. The van der Waals surface area contributed by atoms with E-state index in [9.17, 15) is 18.3 Å². The van der Waals surface area contributed by atoms with E-state index in [4.69, 9.17) is 4.18 Å². The van der Waals surface area contributed by atoms with Crippen LogP contribution in [0.15, 0.2) is 90.5 Å². The Kier molecular flexibility index (Phi) is 7.71. The summed E-state index contributed by atoms with van der Waals surface area (Å²) in [5.41, 5.74) is 4.31. The van der Waals surface area contributed by atoms with Crippen LogP contribution in [0, 0.1) is 25.7 Å². The summed E-state index contributed by atoms with van der Waals surface area (Å²) in [6.07, 6.45) is 5.28. The van der Waals surface area contributed by atoms with Crippen LogP contribution in [0.2, 0.25) is 0 Å². The standard InChI is InChI=1S/C35H36N2O5S/c1-4-25-20-37(21-27-17-24(3)18-28(22-38)34(27)39)16-14-26(25)19-33(37)35(31-13-15-36-32-8-6-5-7-30(31)32)42-43(40,41)29-11-9-23(2)10-12-29/h4-13,15,17-18,22,25-26,33,35H,1,14,16,19-21H2,2-3H3/p+1/t25?,26?,33?,35-,37?/m0/s1. The van der Waals surface area contributed by atoms with Crippen molar-refractivity contribution in [3.05, 3.63) is 113 Å². The first-order chi connectivity index (χ1) is 20.6. The normalized spacial score (nSPS) is 24.1. The summed E-state index contributed by atoms with van der Waals surface area (Å²) in [6.45, 7) is 9.91. The van der Waals surface area contributed by atoms with E-state index in [0.717, 1.165) is 53.5 Å². The largest absolute Gasteiger partial charge is 0.507 e. The molecule has 7 rings (SSSR count). The molecule has 4 aromatic rings. The van der Waals surface area contributed by atoms with Crippen molar-refractivity contribution in [2.45, 2.75) is 50.3 Å². The molecule has 3 aliphatic heterocycles. The number of carbonyl (C=O) groups excluding carboxylic acids is 1. The van der Waals surface area contributed by atoms with Gasteiger partial charge in [0, 0.05) is 35.9 Å². The van der Waals surface area contributed by atoms with E-state index < -0.39 is 16.2 Å². The van der Waals surface area contributed by atoms with Gasteiger partial charge in [-0.15, -0.1) is 6.58 Å². The van der Waals surface area contributed by atoms with Gasteiger partial charge in [-0.05, 0) is 67.3 Å². The predicted molar refractivity (Wildman–Crippen MR) is 166 cm³/mol. The lowest BCUT2D eigenvalue weighted by atomic mass is 9.71. The third-order valence-electron chi connectivity index (χ3n) is 9.53. The Morgan fingerprint density at radius 2 is 1.86 bits per heavy atom. The van der Waals surface area contributed by atoms with E-state index >= 15 is 0 Å². The summed E-state index contributed by atoms with van der Waals surface area (Å²) in [5.74, 6) is 0.556. The Morgan fingerprint density at radius 1 is 1.09 bits per heavy atom. The molecule has 1 N–H and O–H groups in total. The summed E-state index contributed by atoms with van der Waals surface area (Å²) in [4.78, 5) is 16.5. The van der Waals surface area contributed by atoms with E-state index in [1.807, 2.05) is 56.3 Å². The number of aromatic nitrogens is 1. The molecule has 3 saturated heterocycles. The Labute approximate surface area is 253 Å².